The number of amides is 1. The SMILES string of the molecule is CC(C)(C)OC(=O)NC(Cc1csc2ccc(Cl)cc12)C(=O)O. The zero-order valence-electron chi connectivity index (χ0n) is 13.1. The summed E-state index contributed by atoms with van der Waals surface area (Å²) in [6.07, 6.45) is -0.586. The minimum absolute atomic E-state index is 0.162. The van der Waals surface area contributed by atoms with Gasteiger partial charge >= 0.3 is 12.1 Å². The second kappa shape index (κ2) is 6.76. The third-order valence-corrected chi connectivity index (χ3v) is 4.28. The second-order valence-corrected chi connectivity index (χ2v) is 7.49. The molecule has 1 aromatic heterocycles. The van der Waals surface area contributed by atoms with Crippen molar-refractivity contribution in [3.8, 4) is 0 Å². The summed E-state index contributed by atoms with van der Waals surface area (Å²) in [5, 5.41) is 15.1. The second-order valence-electron chi connectivity index (χ2n) is 6.14. The Labute approximate surface area is 143 Å². The Kier molecular flexibility index (Phi) is 5.16. The number of carbonyl (C=O) groups excluding carboxylic acids is 1. The number of benzene rings is 1. The third-order valence-electron chi connectivity index (χ3n) is 3.03. The highest BCUT2D eigenvalue weighted by Gasteiger charge is 2.25. The molecule has 2 aromatic rings. The summed E-state index contributed by atoms with van der Waals surface area (Å²) in [7, 11) is 0. The van der Waals surface area contributed by atoms with Gasteiger partial charge in [-0.05, 0) is 55.3 Å². The van der Waals surface area contributed by atoms with E-state index in [1.54, 1.807) is 32.9 Å². The summed E-state index contributed by atoms with van der Waals surface area (Å²) < 4.78 is 6.13. The number of carboxylic acids is 1. The predicted molar refractivity (Wildman–Crippen MR) is 91.3 cm³/mol. The van der Waals surface area contributed by atoms with Gasteiger partial charge < -0.3 is 15.2 Å². The first-order valence-electron chi connectivity index (χ1n) is 7.03. The zero-order chi connectivity index (χ0) is 17.2. The number of rotatable bonds is 4. The number of carboxylic acid groups (broad SMARTS) is 1. The first kappa shape index (κ1) is 17.6. The number of halogens is 1. The van der Waals surface area contributed by atoms with Crippen LogP contribution in [-0.2, 0) is 16.0 Å². The number of fused-ring (bicyclic) bond motifs is 1. The van der Waals surface area contributed by atoms with E-state index in [-0.39, 0.29) is 6.42 Å². The summed E-state index contributed by atoms with van der Waals surface area (Å²) in [6.45, 7) is 5.16. The molecule has 0 aliphatic heterocycles. The fourth-order valence-corrected chi connectivity index (χ4v) is 3.21. The van der Waals surface area contributed by atoms with Crippen LogP contribution in [-0.4, -0.2) is 28.8 Å². The molecule has 5 nitrogen and oxygen atoms in total. The molecule has 0 saturated carbocycles. The van der Waals surface area contributed by atoms with E-state index in [1.165, 1.54) is 11.3 Å². The Bertz CT molecular complexity index is 735. The number of thiophene rings is 1. The number of alkyl carbamates (subject to hydrolysis) is 1. The van der Waals surface area contributed by atoms with Crippen molar-refractivity contribution in [3.63, 3.8) is 0 Å². The van der Waals surface area contributed by atoms with E-state index < -0.39 is 23.7 Å². The van der Waals surface area contributed by atoms with Crippen molar-refractivity contribution in [2.45, 2.75) is 38.8 Å². The van der Waals surface area contributed by atoms with Gasteiger partial charge in [-0.3, -0.25) is 0 Å². The van der Waals surface area contributed by atoms with Gasteiger partial charge in [0, 0.05) is 16.1 Å². The van der Waals surface area contributed by atoms with Gasteiger partial charge in [0.1, 0.15) is 11.6 Å². The Balaban J connectivity index is 2.17. The summed E-state index contributed by atoms with van der Waals surface area (Å²) in [6, 6.07) is 4.41. The maximum absolute atomic E-state index is 11.8. The summed E-state index contributed by atoms with van der Waals surface area (Å²) in [4.78, 5) is 23.2. The van der Waals surface area contributed by atoms with E-state index in [9.17, 15) is 14.7 Å². The van der Waals surface area contributed by atoms with Crippen LogP contribution in [0.2, 0.25) is 5.02 Å². The van der Waals surface area contributed by atoms with Crippen LogP contribution in [0.15, 0.2) is 23.6 Å². The number of hydrogen-bond acceptors (Lipinski definition) is 4. The van der Waals surface area contributed by atoms with Crippen molar-refractivity contribution in [1.29, 1.82) is 0 Å². The maximum Gasteiger partial charge on any atom is 0.408 e. The van der Waals surface area contributed by atoms with Gasteiger partial charge in [0.2, 0.25) is 0 Å². The van der Waals surface area contributed by atoms with Crippen molar-refractivity contribution in [3.05, 3.63) is 34.2 Å². The van der Waals surface area contributed by atoms with Crippen LogP contribution in [0, 0.1) is 0 Å². The van der Waals surface area contributed by atoms with E-state index in [0.717, 1.165) is 15.6 Å². The van der Waals surface area contributed by atoms with Crippen molar-refractivity contribution < 1.29 is 19.4 Å². The standard InChI is InChI=1S/C16H18ClNO4S/c1-16(2,3)22-15(21)18-12(14(19)20)6-9-8-23-13-5-4-10(17)7-11(9)13/h4-5,7-8,12H,6H2,1-3H3,(H,18,21)(H,19,20). The summed E-state index contributed by atoms with van der Waals surface area (Å²) in [5.41, 5.74) is 0.145. The lowest BCUT2D eigenvalue weighted by atomic mass is 10.1. The fraction of sp³-hybridized carbons (Fsp3) is 0.375. The third kappa shape index (κ3) is 4.84. The monoisotopic (exact) mass is 355 g/mol. The van der Waals surface area contributed by atoms with Crippen LogP contribution in [0.5, 0.6) is 0 Å². The lowest BCUT2D eigenvalue weighted by Gasteiger charge is -2.22. The van der Waals surface area contributed by atoms with E-state index in [4.69, 9.17) is 16.3 Å². The highest BCUT2D eigenvalue weighted by Crippen LogP contribution is 2.29. The van der Waals surface area contributed by atoms with E-state index in [1.807, 2.05) is 11.4 Å². The highest BCUT2D eigenvalue weighted by atomic mass is 35.5. The highest BCUT2D eigenvalue weighted by molar-refractivity contribution is 7.17. The Morgan fingerprint density at radius 2 is 2.09 bits per heavy atom. The van der Waals surface area contributed by atoms with Gasteiger partial charge in [-0.2, -0.15) is 0 Å². The number of aliphatic carboxylic acids is 1. The van der Waals surface area contributed by atoms with Crippen LogP contribution >= 0.6 is 22.9 Å². The topological polar surface area (TPSA) is 75.6 Å². The molecule has 0 aliphatic rings. The van der Waals surface area contributed by atoms with Crippen LogP contribution in [0.4, 0.5) is 4.79 Å². The molecule has 2 N–H and O–H groups in total. The molecular weight excluding hydrogens is 338 g/mol. The molecule has 2 rings (SSSR count). The number of hydrogen-bond donors (Lipinski definition) is 2. The Morgan fingerprint density at radius 1 is 1.39 bits per heavy atom. The predicted octanol–water partition coefficient (Wildman–Crippen LogP) is 4.08. The molecular formula is C16H18ClNO4S. The molecule has 7 heteroatoms. The van der Waals surface area contributed by atoms with E-state index in [0.29, 0.717) is 5.02 Å². The average molecular weight is 356 g/mol. The fourth-order valence-electron chi connectivity index (χ4n) is 2.08. The summed E-state index contributed by atoms with van der Waals surface area (Å²) >= 11 is 7.51. The quantitative estimate of drug-likeness (QED) is 0.866. The van der Waals surface area contributed by atoms with Gasteiger partial charge in [-0.1, -0.05) is 11.6 Å². The number of ether oxygens (including phenoxy) is 1. The molecule has 23 heavy (non-hydrogen) atoms. The average Bonchev–Trinajstić information content (AvgIpc) is 2.78. The minimum Gasteiger partial charge on any atom is -0.480 e. The van der Waals surface area contributed by atoms with Crippen molar-refractivity contribution >= 4 is 45.1 Å². The molecule has 0 bridgehead atoms. The van der Waals surface area contributed by atoms with Crippen molar-refractivity contribution in [2.24, 2.45) is 0 Å². The van der Waals surface area contributed by atoms with Gasteiger partial charge in [-0.25, -0.2) is 9.59 Å². The van der Waals surface area contributed by atoms with Crippen molar-refractivity contribution in [1.82, 2.24) is 5.32 Å². The van der Waals surface area contributed by atoms with Crippen molar-refractivity contribution in [2.75, 3.05) is 0 Å². The number of carbonyl (C=O) groups is 2. The molecule has 1 heterocycles. The number of nitrogens with one attached hydrogen (secondary N) is 1. The smallest absolute Gasteiger partial charge is 0.408 e. The summed E-state index contributed by atoms with van der Waals surface area (Å²) in [5.74, 6) is -1.11. The van der Waals surface area contributed by atoms with Gasteiger partial charge in [0.25, 0.3) is 0 Å². The zero-order valence-corrected chi connectivity index (χ0v) is 14.6. The van der Waals surface area contributed by atoms with Crippen LogP contribution < -0.4 is 5.32 Å². The molecule has 0 spiro atoms. The molecule has 1 aromatic carbocycles. The van der Waals surface area contributed by atoms with E-state index in [2.05, 4.69) is 5.32 Å². The normalized spacial score (nSPS) is 12.9. The van der Waals surface area contributed by atoms with Crippen LogP contribution in [0.25, 0.3) is 10.1 Å². The molecule has 1 unspecified atom stereocenters. The van der Waals surface area contributed by atoms with Crippen LogP contribution in [0.3, 0.4) is 0 Å². The van der Waals surface area contributed by atoms with Gasteiger partial charge in [-0.15, -0.1) is 11.3 Å². The van der Waals surface area contributed by atoms with Gasteiger partial charge in [0.05, 0.1) is 0 Å². The Morgan fingerprint density at radius 3 is 2.70 bits per heavy atom. The first-order chi connectivity index (χ1) is 10.7. The minimum atomic E-state index is -1.11. The van der Waals surface area contributed by atoms with E-state index >= 15 is 0 Å². The lowest BCUT2D eigenvalue weighted by molar-refractivity contribution is -0.139. The van der Waals surface area contributed by atoms with Crippen LogP contribution in [0.1, 0.15) is 26.3 Å². The molecule has 0 saturated heterocycles. The largest absolute Gasteiger partial charge is 0.480 e. The molecule has 1 amide bonds. The molecule has 1 atom stereocenters. The van der Waals surface area contributed by atoms with Gasteiger partial charge in [0.15, 0.2) is 0 Å². The molecule has 0 fully saturated rings. The molecule has 0 aliphatic carbocycles. The molecule has 124 valence electrons. The Hall–Kier alpha value is -1.79. The first-order valence-corrected chi connectivity index (χ1v) is 8.29. The maximum atomic E-state index is 11.8. The molecule has 0 radical (unpaired) electrons. The lowest BCUT2D eigenvalue weighted by Crippen LogP contribution is -2.44.